The van der Waals surface area contributed by atoms with Gasteiger partial charge < -0.3 is 4.90 Å². The van der Waals surface area contributed by atoms with Crippen LogP contribution in [0.1, 0.15) is 5.56 Å². The molecule has 0 atom stereocenters. The van der Waals surface area contributed by atoms with Crippen molar-refractivity contribution in [2.24, 2.45) is 4.99 Å². The molecule has 0 saturated heterocycles. The number of benzene rings is 1. The largest absolute Gasteiger partial charge is 0.334 e. The highest BCUT2D eigenvalue weighted by Crippen LogP contribution is 2.20. The number of nitrogens with zero attached hydrogens (tertiary/aromatic N) is 2. The van der Waals surface area contributed by atoms with E-state index in [9.17, 15) is 0 Å². The Hall–Kier alpha value is -2.01. The summed E-state index contributed by atoms with van der Waals surface area (Å²) in [4.78, 5) is 6.13. The lowest BCUT2D eigenvalue weighted by Crippen LogP contribution is -2.16. The van der Waals surface area contributed by atoms with Gasteiger partial charge in [0, 0.05) is 24.2 Å². The van der Waals surface area contributed by atoms with Gasteiger partial charge in [0.2, 0.25) is 0 Å². The maximum atomic E-state index is 5.30. The van der Waals surface area contributed by atoms with Gasteiger partial charge in [-0.15, -0.1) is 6.42 Å². The summed E-state index contributed by atoms with van der Waals surface area (Å²) in [5.74, 6) is 2.63. The van der Waals surface area contributed by atoms with Crippen LogP contribution in [-0.4, -0.2) is 12.8 Å². The maximum absolute atomic E-state index is 5.30. The Balaban J connectivity index is 2.45. The Kier molecular flexibility index (Phi) is 2.33. The third-order valence-electron chi connectivity index (χ3n) is 2.05. The number of hydrogen-bond acceptors (Lipinski definition) is 2. The number of hydrogen-bond donors (Lipinski definition) is 0. The topological polar surface area (TPSA) is 15.6 Å². The summed E-state index contributed by atoms with van der Waals surface area (Å²) < 4.78 is 0. The number of aliphatic imine (C=N–C) groups is 1. The Morgan fingerprint density at radius 2 is 2.21 bits per heavy atom. The first-order valence-electron chi connectivity index (χ1n) is 4.41. The molecule has 1 aliphatic rings. The van der Waals surface area contributed by atoms with Crippen molar-refractivity contribution < 1.29 is 0 Å². The molecule has 2 heteroatoms. The molecule has 0 saturated carbocycles. The van der Waals surface area contributed by atoms with Crippen molar-refractivity contribution in [1.82, 2.24) is 0 Å². The molecule has 1 heterocycles. The Labute approximate surface area is 83.6 Å². The first-order valence-corrected chi connectivity index (χ1v) is 4.41. The van der Waals surface area contributed by atoms with Crippen molar-refractivity contribution in [2.75, 3.05) is 11.4 Å². The summed E-state index contributed by atoms with van der Waals surface area (Å²) >= 11 is 0. The second-order valence-electron chi connectivity index (χ2n) is 2.97. The molecule has 0 unspecified atom stereocenters. The van der Waals surface area contributed by atoms with E-state index in [-0.39, 0.29) is 0 Å². The maximum Gasteiger partial charge on any atom is 0.0835 e. The van der Waals surface area contributed by atoms with Crippen LogP contribution in [0.2, 0.25) is 0 Å². The lowest BCUT2D eigenvalue weighted by atomic mass is 10.2. The Morgan fingerprint density at radius 3 is 3.07 bits per heavy atom. The molecule has 68 valence electrons. The first-order chi connectivity index (χ1) is 6.92. The number of fused-ring (bicyclic) bond motifs is 1. The van der Waals surface area contributed by atoms with Crippen LogP contribution in [0.25, 0.3) is 0 Å². The van der Waals surface area contributed by atoms with Crippen molar-refractivity contribution in [3.05, 3.63) is 42.2 Å². The normalized spacial score (nSPS) is 13.2. The molecule has 1 aromatic rings. The SMILES string of the molecule is C#CCN1C=CN=Cc2ccccc21. The molecule has 1 aliphatic heterocycles. The molecule has 0 radical (unpaired) electrons. The van der Waals surface area contributed by atoms with Gasteiger partial charge in [0.05, 0.1) is 12.2 Å². The number of rotatable bonds is 1. The zero-order valence-corrected chi connectivity index (χ0v) is 7.72. The summed E-state index contributed by atoms with van der Waals surface area (Å²) in [7, 11) is 0. The van der Waals surface area contributed by atoms with E-state index < -0.39 is 0 Å². The van der Waals surface area contributed by atoms with Crippen LogP contribution in [0, 0.1) is 12.3 Å². The van der Waals surface area contributed by atoms with Crippen LogP contribution < -0.4 is 4.90 Å². The molecular weight excluding hydrogens is 172 g/mol. The van der Waals surface area contributed by atoms with Crippen LogP contribution >= 0.6 is 0 Å². The van der Waals surface area contributed by atoms with E-state index in [1.807, 2.05) is 41.6 Å². The molecule has 1 aromatic carbocycles. The third kappa shape index (κ3) is 1.53. The van der Waals surface area contributed by atoms with E-state index in [0.29, 0.717) is 6.54 Å². The van der Waals surface area contributed by atoms with E-state index in [2.05, 4.69) is 10.9 Å². The average Bonchev–Trinajstić information content (AvgIpc) is 2.42. The average molecular weight is 182 g/mol. The minimum absolute atomic E-state index is 0.566. The molecule has 0 aromatic heterocycles. The van der Waals surface area contributed by atoms with Gasteiger partial charge in [-0.2, -0.15) is 0 Å². The molecule has 2 rings (SSSR count). The van der Waals surface area contributed by atoms with Gasteiger partial charge in [0.15, 0.2) is 0 Å². The fourth-order valence-electron chi connectivity index (χ4n) is 1.42. The zero-order valence-electron chi connectivity index (χ0n) is 7.72. The van der Waals surface area contributed by atoms with Crippen molar-refractivity contribution in [1.29, 1.82) is 0 Å². The monoisotopic (exact) mass is 182 g/mol. The molecule has 14 heavy (non-hydrogen) atoms. The second-order valence-corrected chi connectivity index (χ2v) is 2.97. The number of para-hydroxylation sites is 1. The lowest BCUT2D eigenvalue weighted by Gasteiger charge is -2.17. The summed E-state index contributed by atoms with van der Waals surface area (Å²) in [5, 5.41) is 0. The highest BCUT2D eigenvalue weighted by Gasteiger charge is 2.07. The van der Waals surface area contributed by atoms with Gasteiger partial charge in [-0.25, -0.2) is 0 Å². The summed E-state index contributed by atoms with van der Waals surface area (Å²) in [6.07, 6.45) is 10.8. The van der Waals surface area contributed by atoms with Gasteiger partial charge in [0.1, 0.15) is 0 Å². The molecule has 0 N–H and O–H groups in total. The van der Waals surface area contributed by atoms with Crippen molar-refractivity contribution in [3.63, 3.8) is 0 Å². The van der Waals surface area contributed by atoms with Crippen LogP contribution in [0.5, 0.6) is 0 Å². The minimum Gasteiger partial charge on any atom is -0.334 e. The Bertz CT molecular complexity index is 424. The van der Waals surface area contributed by atoms with Gasteiger partial charge in [-0.3, -0.25) is 4.99 Å². The molecule has 0 spiro atoms. The molecule has 0 amide bonds. The molecule has 0 aliphatic carbocycles. The summed E-state index contributed by atoms with van der Waals surface area (Å²) in [6, 6.07) is 8.04. The molecule has 0 fully saturated rings. The molecular formula is C12H10N2. The van der Waals surface area contributed by atoms with E-state index in [1.54, 1.807) is 6.20 Å². The van der Waals surface area contributed by atoms with Crippen LogP contribution in [0.3, 0.4) is 0 Å². The van der Waals surface area contributed by atoms with Gasteiger partial charge in [-0.05, 0) is 6.07 Å². The van der Waals surface area contributed by atoms with E-state index in [1.165, 1.54) is 0 Å². The first kappa shape index (κ1) is 8.58. The minimum atomic E-state index is 0.566. The highest BCUT2D eigenvalue weighted by atomic mass is 15.1. The van der Waals surface area contributed by atoms with Crippen LogP contribution in [-0.2, 0) is 0 Å². The number of anilines is 1. The predicted octanol–water partition coefficient (Wildman–Crippen LogP) is 2.03. The summed E-state index contributed by atoms with van der Waals surface area (Å²) in [5.41, 5.74) is 2.19. The smallest absolute Gasteiger partial charge is 0.0835 e. The molecule has 0 bridgehead atoms. The quantitative estimate of drug-likeness (QED) is 0.607. The van der Waals surface area contributed by atoms with Crippen molar-refractivity contribution >= 4 is 11.9 Å². The van der Waals surface area contributed by atoms with E-state index in [0.717, 1.165) is 11.3 Å². The Morgan fingerprint density at radius 1 is 1.36 bits per heavy atom. The van der Waals surface area contributed by atoms with Gasteiger partial charge in [0.25, 0.3) is 0 Å². The summed E-state index contributed by atoms with van der Waals surface area (Å²) in [6.45, 7) is 0.566. The lowest BCUT2D eigenvalue weighted by molar-refractivity contribution is 1.11. The highest BCUT2D eigenvalue weighted by molar-refractivity contribution is 5.89. The number of terminal acetylenes is 1. The third-order valence-corrected chi connectivity index (χ3v) is 2.05. The molecule has 2 nitrogen and oxygen atoms in total. The van der Waals surface area contributed by atoms with Crippen molar-refractivity contribution in [2.45, 2.75) is 0 Å². The van der Waals surface area contributed by atoms with Gasteiger partial charge >= 0.3 is 0 Å². The van der Waals surface area contributed by atoms with Crippen LogP contribution in [0.15, 0.2) is 41.7 Å². The van der Waals surface area contributed by atoms with Gasteiger partial charge in [-0.1, -0.05) is 24.1 Å². The van der Waals surface area contributed by atoms with E-state index >= 15 is 0 Å². The standard InChI is InChI=1S/C12H10N2/c1-2-8-14-9-7-13-10-11-5-3-4-6-12(11)14/h1,3-7,9-10H,8H2. The zero-order chi connectivity index (χ0) is 9.80. The van der Waals surface area contributed by atoms with E-state index in [4.69, 9.17) is 6.42 Å². The van der Waals surface area contributed by atoms with Crippen LogP contribution in [0.4, 0.5) is 5.69 Å². The fourth-order valence-corrected chi connectivity index (χ4v) is 1.42. The second kappa shape index (κ2) is 3.80. The van der Waals surface area contributed by atoms with Crippen molar-refractivity contribution in [3.8, 4) is 12.3 Å². The predicted molar refractivity (Wildman–Crippen MR) is 59.4 cm³/mol. The fraction of sp³-hybridized carbons (Fsp3) is 0.0833.